The Labute approximate surface area is 69.6 Å². The molecule has 65 valence electrons. The van der Waals surface area contributed by atoms with Crippen LogP contribution in [-0.2, 0) is 4.84 Å². The second kappa shape index (κ2) is 9.47. The molecule has 0 rings (SSSR count). The molecule has 0 fully saturated rings. The molecule has 0 aliphatic carbocycles. The van der Waals surface area contributed by atoms with E-state index >= 15 is 0 Å². The molecule has 0 spiro atoms. The van der Waals surface area contributed by atoms with E-state index in [0.717, 1.165) is 25.9 Å². The van der Waals surface area contributed by atoms with Gasteiger partial charge in [-0.2, -0.15) is 0 Å². The molecule has 2 nitrogen and oxygen atoms in total. The number of hydrogen-bond acceptors (Lipinski definition) is 2. The zero-order chi connectivity index (χ0) is 8.36. The average molecular weight is 156 g/mol. The van der Waals surface area contributed by atoms with E-state index in [9.17, 15) is 0 Å². The maximum atomic E-state index is 4.95. The minimum atomic E-state index is 0.741. The van der Waals surface area contributed by atoms with Crippen LogP contribution in [0.5, 0.6) is 0 Å². The highest BCUT2D eigenvalue weighted by atomic mass is 16.6. The minimum Gasteiger partial charge on any atom is -0.396 e. The Kier molecular flexibility index (Phi) is 9.01. The normalized spacial score (nSPS) is 10.7. The van der Waals surface area contributed by atoms with Crippen molar-refractivity contribution >= 4 is 6.21 Å². The third kappa shape index (κ3) is 9.47. The van der Waals surface area contributed by atoms with Crippen LogP contribution < -0.4 is 0 Å². The Hall–Kier alpha value is -0.530. The van der Waals surface area contributed by atoms with E-state index in [2.05, 4.69) is 25.2 Å². The first kappa shape index (κ1) is 10.5. The molecule has 0 saturated heterocycles. The molecule has 0 aromatic rings. The van der Waals surface area contributed by atoms with Crippen molar-refractivity contribution in [1.29, 1.82) is 0 Å². The monoisotopic (exact) mass is 156 g/mol. The number of hydrogen-bond donors (Lipinski definition) is 0. The van der Waals surface area contributed by atoms with E-state index in [-0.39, 0.29) is 0 Å². The summed E-state index contributed by atoms with van der Waals surface area (Å²) in [7, 11) is 0. The van der Waals surface area contributed by atoms with Crippen LogP contribution in [-0.4, -0.2) is 12.8 Å². The smallest absolute Gasteiger partial charge is 0.117 e. The lowest BCUT2D eigenvalue weighted by molar-refractivity contribution is 0.141. The van der Waals surface area contributed by atoms with E-state index in [4.69, 9.17) is 4.84 Å². The topological polar surface area (TPSA) is 21.6 Å². The lowest BCUT2D eigenvalue weighted by Gasteiger charge is -1.95. The summed E-state index contributed by atoms with van der Waals surface area (Å²) in [4.78, 5) is 4.95. The fourth-order valence-corrected chi connectivity index (χ4v) is 0.665. The second-order valence-corrected chi connectivity index (χ2v) is 2.54. The molecule has 0 aliphatic rings. The van der Waals surface area contributed by atoms with Crippen molar-refractivity contribution in [2.24, 2.45) is 5.16 Å². The molecule has 0 bridgehead atoms. The predicted octanol–water partition coefficient (Wildman–Crippen LogP) is 2.86. The van der Waals surface area contributed by atoms with E-state index in [1.54, 1.807) is 0 Å². The van der Waals surface area contributed by atoms with Gasteiger partial charge in [0.25, 0.3) is 0 Å². The lowest BCUT2D eigenvalue weighted by atomic mass is 10.3. The number of rotatable bonds is 7. The van der Waals surface area contributed by atoms with Gasteiger partial charge in [-0.05, 0) is 12.8 Å². The van der Waals surface area contributed by atoms with Crippen molar-refractivity contribution in [2.75, 3.05) is 6.61 Å². The van der Waals surface area contributed by atoms with Gasteiger partial charge < -0.3 is 4.84 Å². The molecule has 0 aromatic heterocycles. The largest absolute Gasteiger partial charge is 0.396 e. The highest BCUT2D eigenvalue weighted by molar-refractivity contribution is 5.55. The van der Waals surface area contributed by atoms with Crippen LogP contribution in [0, 0.1) is 0 Å². The van der Waals surface area contributed by atoms with E-state index in [0.29, 0.717) is 0 Å². The standard InChI is InChI=1S/C9H18NO/c1-3-5-7-9-11-10-8-6-4-2/h3-7,9H2,1-2H3. The summed E-state index contributed by atoms with van der Waals surface area (Å²) in [6, 6.07) is 0. The minimum absolute atomic E-state index is 0.741. The van der Waals surface area contributed by atoms with Gasteiger partial charge in [0.15, 0.2) is 0 Å². The molecule has 0 heterocycles. The van der Waals surface area contributed by atoms with Crippen LogP contribution in [0.4, 0.5) is 0 Å². The van der Waals surface area contributed by atoms with Crippen LogP contribution in [0.15, 0.2) is 5.16 Å². The molecule has 0 aliphatic heterocycles. The summed E-state index contributed by atoms with van der Waals surface area (Å²) >= 11 is 0. The Morgan fingerprint density at radius 2 is 2.00 bits per heavy atom. The third-order valence-corrected chi connectivity index (χ3v) is 1.33. The van der Waals surface area contributed by atoms with Crippen molar-refractivity contribution in [2.45, 2.75) is 46.0 Å². The van der Waals surface area contributed by atoms with Crippen LogP contribution in [0.1, 0.15) is 46.0 Å². The predicted molar refractivity (Wildman–Crippen MR) is 47.8 cm³/mol. The number of nitrogens with zero attached hydrogens (tertiary/aromatic N) is 1. The quantitative estimate of drug-likeness (QED) is 0.315. The van der Waals surface area contributed by atoms with Gasteiger partial charge in [0, 0.05) is 0 Å². The Morgan fingerprint density at radius 3 is 2.64 bits per heavy atom. The summed E-state index contributed by atoms with van der Waals surface area (Å²) in [6.07, 6.45) is 8.35. The van der Waals surface area contributed by atoms with Crippen molar-refractivity contribution in [3.05, 3.63) is 0 Å². The van der Waals surface area contributed by atoms with E-state index in [1.165, 1.54) is 12.8 Å². The van der Waals surface area contributed by atoms with Gasteiger partial charge in [-0.3, -0.25) is 0 Å². The molecule has 0 saturated carbocycles. The van der Waals surface area contributed by atoms with Gasteiger partial charge in [-0.1, -0.05) is 38.3 Å². The maximum absolute atomic E-state index is 4.95. The first-order chi connectivity index (χ1) is 5.41. The third-order valence-electron chi connectivity index (χ3n) is 1.33. The molecule has 0 atom stereocenters. The van der Waals surface area contributed by atoms with Crippen molar-refractivity contribution in [1.82, 2.24) is 0 Å². The average Bonchev–Trinajstić information content (AvgIpc) is 2.03. The SMILES string of the molecule is CCC/[C]=N\OCCCCC. The highest BCUT2D eigenvalue weighted by Crippen LogP contribution is 1.94. The van der Waals surface area contributed by atoms with Gasteiger partial charge in [-0.15, -0.1) is 0 Å². The summed E-state index contributed by atoms with van der Waals surface area (Å²) < 4.78 is 0. The van der Waals surface area contributed by atoms with Crippen LogP contribution in [0.3, 0.4) is 0 Å². The zero-order valence-corrected chi connectivity index (χ0v) is 7.60. The number of unbranched alkanes of at least 4 members (excludes halogenated alkanes) is 3. The molecule has 2 heteroatoms. The second-order valence-electron chi connectivity index (χ2n) is 2.54. The van der Waals surface area contributed by atoms with Gasteiger partial charge in [0.05, 0.1) is 0 Å². The Bertz CT molecular complexity index is 91.6. The Balaban J connectivity index is 2.89. The molecular formula is C9H18NO. The van der Waals surface area contributed by atoms with Crippen LogP contribution in [0.25, 0.3) is 0 Å². The highest BCUT2D eigenvalue weighted by Gasteiger charge is 1.84. The summed E-state index contributed by atoms with van der Waals surface area (Å²) in [5.41, 5.74) is 0. The zero-order valence-electron chi connectivity index (χ0n) is 7.60. The molecule has 0 amide bonds. The fourth-order valence-electron chi connectivity index (χ4n) is 0.665. The van der Waals surface area contributed by atoms with Crippen molar-refractivity contribution in [3.8, 4) is 0 Å². The van der Waals surface area contributed by atoms with Crippen LogP contribution in [0.2, 0.25) is 0 Å². The lowest BCUT2D eigenvalue weighted by Crippen LogP contribution is -1.87. The van der Waals surface area contributed by atoms with Crippen molar-refractivity contribution in [3.63, 3.8) is 0 Å². The molecular weight excluding hydrogens is 138 g/mol. The molecule has 0 N–H and O–H groups in total. The van der Waals surface area contributed by atoms with Gasteiger partial charge in [-0.25, -0.2) is 0 Å². The molecule has 0 aromatic carbocycles. The fraction of sp³-hybridized carbons (Fsp3) is 0.889. The van der Waals surface area contributed by atoms with Crippen LogP contribution >= 0.6 is 0 Å². The van der Waals surface area contributed by atoms with E-state index in [1.807, 2.05) is 0 Å². The summed E-state index contributed by atoms with van der Waals surface area (Å²) in [5.74, 6) is 0. The van der Waals surface area contributed by atoms with Crippen molar-refractivity contribution < 1.29 is 4.84 Å². The van der Waals surface area contributed by atoms with Gasteiger partial charge in [0.2, 0.25) is 0 Å². The Morgan fingerprint density at radius 1 is 1.18 bits per heavy atom. The molecule has 0 unspecified atom stereocenters. The van der Waals surface area contributed by atoms with Gasteiger partial charge in [0.1, 0.15) is 12.8 Å². The first-order valence-electron chi connectivity index (χ1n) is 4.46. The summed E-state index contributed by atoms with van der Waals surface area (Å²) in [6.45, 7) is 5.01. The van der Waals surface area contributed by atoms with E-state index < -0.39 is 0 Å². The molecule has 1 radical (unpaired) electrons. The summed E-state index contributed by atoms with van der Waals surface area (Å²) in [5, 5.41) is 3.68. The maximum Gasteiger partial charge on any atom is 0.117 e. The van der Waals surface area contributed by atoms with Gasteiger partial charge >= 0.3 is 0 Å². The first-order valence-corrected chi connectivity index (χ1v) is 4.46. The molecule has 11 heavy (non-hydrogen) atoms.